The van der Waals surface area contributed by atoms with Gasteiger partial charge in [0.15, 0.2) is 0 Å². The first kappa shape index (κ1) is 22.7. The minimum Gasteiger partial charge on any atom is -0.347 e. The number of amides is 1. The number of aryl methyl sites for hydroxylation is 3. The first-order valence-corrected chi connectivity index (χ1v) is 10.2. The van der Waals surface area contributed by atoms with Crippen molar-refractivity contribution in [1.29, 1.82) is 0 Å². The average Bonchev–Trinajstić information content (AvgIpc) is 3.10. The van der Waals surface area contributed by atoms with Crippen LogP contribution in [0.3, 0.4) is 0 Å². The zero-order valence-electron chi connectivity index (χ0n) is 18.0. The van der Waals surface area contributed by atoms with Gasteiger partial charge in [0.1, 0.15) is 11.4 Å². The molecule has 1 aromatic carbocycles. The van der Waals surface area contributed by atoms with E-state index in [4.69, 9.17) is 0 Å². The molecule has 4 rings (SSSR count). The Morgan fingerprint density at radius 1 is 1.16 bits per heavy atom. The highest BCUT2D eigenvalue weighted by Gasteiger charge is 2.20. The van der Waals surface area contributed by atoms with Gasteiger partial charge in [0.05, 0.1) is 5.69 Å². The Balaban J connectivity index is 0.00000272. The van der Waals surface area contributed by atoms with Crippen LogP contribution in [-0.2, 0) is 7.05 Å². The lowest BCUT2D eigenvalue weighted by atomic mass is 10.1. The van der Waals surface area contributed by atoms with E-state index in [1.54, 1.807) is 30.1 Å². The van der Waals surface area contributed by atoms with Crippen molar-refractivity contribution in [2.75, 3.05) is 18.4 Å². The van der Waals surface area contributed by atoms with Crippen molar-refractivity contribution < 1.29 is 4.79 Å². The maximum absolute atomic E-state index is 12.7. The Bertz CT molecular complexity index is 1040. The van der Waals surface area contributed by atoms with Gasteiger partial charge in [-0.2, -0.15) is 5.10 Å². The number of carbonyl (C=O) groups excluding carboxylic acids is 1. The Kier molecular flexibility index (Phi) is 7.25. The predicted octanol–water partition coefficient (Wildman–Crippen LogP) is 3.14. The number of benzene rings is 1. The van der Waals surface area contributed by atoms with Crippen LogP contribution in [0, 0.1) is 13.8 Å². The summed E-state index contributed by atoms with van der Waals surface area (Å²) in [5, 5.41) is 14.1. The zero-order chi connectivity index (χ0) is 21.1. The number of piperidine rings is 1. The molecule has 31 heavy (non-hydrogen) atoms. The summed E-state index contributed by atoms with van der Waals surface area (Å²) in [7, 11) is 1.77. The molecule has 0 aliphatic carbocycles. The summed E-state index contributed by atoms with van der Waals surface area (Å²) in [5.74, 6) is 0.370. The topological polar surface area (TPSA) is 96.8 Å². The second-order valence-electron chi connectivity index (χ2n) is 7.82. The van der Waals surface area contributed by atoms with Gasteiger partial charge in [-0.25, -0.2) is 9.97 Å². The highest BCUT2D eigenvalue weighted by molar-refractivity contribution is 5.93. The Morgan fingerprint density at radius 3 is 2.65 bits per heavy atom. The standard InChI is InChI=1S/C22H27N7O.ClH/c1-14-9-15(2)11-17(10-14)26-22-24-8-6-18(27-22)19-12-20(29(3)28-19)21(30)25-16-5-4-7-23-13-16;/h6,8-12,16,23H,4-5,7,13H2,1-3H3,(H,25,30)(H,24,26,27);1H/t16-;/m0./s1. The number of nitrogens with one attached hydrogen (secondary N) is 3. The first-order valence-electron chi connectivity index (χ1n) is 10.2. The molecule has 2 aromatic heterocycles. The van der Waals surface area contributed by atoms with E-state index in [-0.39, 0.29) is 24.4 Å². The maximum Gasteiger partial charge on any atom is 0.269 e. The highest BCUT2D eigenvalue weighted by atomic mass is 35.5. The second kappa shape index (κ2) is 9.89. The van der Waals surface area contributed by atoms with Crippen LogP contribution in [0.1, 0.15) is 34.5 Å². The molecule has 1 saturated heterocycles. The zero-order valence-corrected chi connectivity index (χ0v) is 18.8. The Morgan fingerprint density at radius 2 is 1.94 bits per heavy atom. The van der Waals surface area contributed by atoms with Gasteiger partial charge in [-0.3, -0.25) is 9.48 Å². The molecule has 3 aromatic rings. The number of carbonyl (C=O) groups is 1. The lowest BCUT2D eigenvalue weighted by molar-refractivity contribution is 0.0921. The van der Waals surface area contributed by atoms with Crippen LogP contribution >= 0.6 is 12.4 Å². The van der Waals surface area contributed by atoms with Crippen molar-refractivity contribution in [3.63, 3.8) is 0 Å². The molecule has 3 heterocycles. The van der Waals surface area contributed by atoms with Crippen LogP contribution in [0.2, 0.25) is 0 Å². The van der Waals surface area contributed by atoms with Gasteiger partial charge < -0.3 is 16.0 Å². The minimum absolute atomic E-state index is 0. The molecule has 164 valence electrons. The maximum atomic E-state index is 12.7. The Labute approximate surface area is 188 Å². The average molecular weight is 442 g/mol. The number of halogens is 1. The van der Waals surface area contributed by atoms with Crippen molar-refractivity contribution in [3.05, 3.63) is 53.3 Å². The van der Waals surface area contributed by atoms with Gasteiger partial charge >= 0.3 is 0 Å². The van der Waals surface area contributed by atoms with Crippen LogP contribution in [-0.4, -0.2) is 44.8 Å². The summed E-state index contributed by atoms with van der Waals surface area (Å²) in [6, 6.07) is 9.93. The monoisotopic (exact) mass is 441 g/mol. The lowest BCUT2D eigenvalue weighted by Crippen LogP contribution is -2.46. The summed E-state index contributed by atoms with van der Waals surface area (Å²) >= 11 is 0. The normalized spacial score (nSPS) is 15.8. The molecule has 1 aliphatic heterocycles. The van der Waals surface area contributed by atoms with E-state index >= 15 is 0 Å². The van der Waals surface area contributed by atoms with E-state index in [0.717, 1.165) is 31.6 Å². The molecule has 1 amide bonds. The quantitative estimate of drug-likeness (QED) is 0.562. The number of nitrogens with zero attached hydrogens (tertiary/aromatic N) is 4. The third-order valence-electron chi connectivity index (χ3n) is 5.14. The summed E-state index contributed by atoms with van der Waals surface area (Å²) in [5.41, 5.74) is 5.08. The van der Waals surface area contributed by atoms with Crippen LogP contribution in [0.5, 0.6) is 0 Å². The SMILES string of the molecule is Cc1cc(C)cc(Nc2nccc(-c3cc(C(=O)N[C@H]4CCCNC4)n(C)n3)n2)c1.Cl. The van der Waals surface area contributed by atoms with Crippen molar-refractivity contribution in [3.8, 4) is 11.4 Å². The van der Waals surface area contributed by atoms with E-state index in [9.17, 15) is 4.79 Å². The highest BCUT2D eigenvalue weighted by Crippen LogP contribution is 2.21. The molecule has 0 radical (unpaired) electrons. The summed E-state index contributed by atoms with van der Waals surface area (Å²) in [6.07, 6.45) is 3.75. The summed E-state index contributed by atoms with van der Waals surface area (Å²) in [6.45, 7) is 5.92. The fraction of sp³-hybridized carbons (Fsp3) is 0.364. The molecule has 1 aliphatic rings. The van der Waals surface area contributed by atoms with Crippen molar-refractivity contribution in [2.24, 2.45) is 7.05 Å². The van der Waals surface area contributed by atoms with Gasteiger partial charge in [-0.15, -0.1) is 12.4 Å². The van der Waals surface area contributed by atoms with E-state index in [1.807, 2.05) is 12.1 Å². The minimum atomic E-state index is -0.118. The fourth-order valence-electron chi connectivity index (χ4n) is 3.78. The van der Waals surface area contributed by atoms with E-state index in [1.165, 1.54) is 11.1 Å². The molecule has 0 bridgehead atoms. The van der Waals surface area contributed by atoms with Gasteiger partial charge in [-0.05, 0) is 68.6 Å². The molecule has 0 saturated carbocycles. The first-order chi connectivity index (χ1) is 14.5. The largest absolute Gasteiger partial charge is 0.347 e. The van der Waals surface area contributed by atoms with Crippen LogP contribution in [0.15, 0.2) is 36.5 Å². The van der Waals surface area contributed by atoms with Gasteiger partial charge in [0, 0.05) is 31.5 Å². The van der Waals surface area contributed by atoms with E-state index in [0.29, 0.717) is 23.0 Å². The molecule has 0 unspecified atom stereocenters. The predicted molar refractivity (Wildman–Crippen MR) is 124 cm³/mol. The van der Waals surface area contributed by atoms with E-state index in [2.05, 4.69) is 50.9 Å². The van der Waals surface area contributed by atoms with Crippen molar-refractivity contribution >= 4 is 29.9 Å². The molecular weight excluding hydrogens is 414 g/mol. The van der Waals surface area contributed by atoms with Crippen molar-refractivity contribution in [2.45, 2.75) is 32.7 Å². The van der Waals surface area contributed by atoms with Gasteiger partial charge in [-0.1, -0.05) is 6.07 Å². The Hall–Kier alpha value is -2.97. The number of anilines is 2. The number of hydrogen-bond donors (Lipinski definition) is 3. The van der Waals surface area contributed by atoms with Crippen LogP contribution < -0.4 is 16.0 Å². The number of rotatable bonds is 5. The van der Waals surface area contributed by atoms with E-state index < -0.39 is 0 Å². The molecule has 0 spiro atoms. The molecule has 3 N–H and O–H groups in total. The molecule has 1 fully saturated rings. The molecule has 1 atom stereocenters. The van der Waals surface area contributed by atoms with Gasteiger partial charge in [0.25, 0.3) is 5.91 Å². The lowest BCUT2D eigenvalue weighted by Gasteiger charge is -2.23. The van der Waals surface area contributed by atoms with Crippen LogP contribution in [0.25, 0.3) is 11.4 Å². The summed E-state index contributed by atoms with van der Waals surface area (Å²) < 4.78 is 1.60. The second-order valence-corrected chi connectivity index (χ2v) is 7.82. The molecule has 9 heteroatoms. The smallest absolute Gasteiger partial charge is 0.269 e. The van der Waals surface area contributed by atoms with Crippen molar-refractivity contribution in [1.82, 2.24) is 30.4 Å². The third kappa shape index (κ3) is 5.59. The number of aromatic nitrogens is 4. The van der Waals surface area contributed by atoms with Gasteiger partial charge in [0.2, 0.25) is 5.95 Å². The molecule has 8 nitrogen and oxygen atoms in total. The summed E-state index contributed by atoms with van der Waals surface area (Å²) in [4.78, 5) is 21.6. The molecular formula is C22H28ClN7O. The fourth-order valence-corrected chi connectivity index (χ4v) is 3.78. The number of hydrogen-bond acceptors (Lipinski definition) is 6. The third-order valence-corrected chi connectivity index (χ3v) is 5.14. The van der Waals surface area contributed by atoms with Crippen LogP contribution in [0.4, 0.5) is 11.6 Å².